The molecule has 252 valence electrons. The monoisotopic (exact) mass is 724 g/mol. The van der Waals surface area contributed by atoms with E-state index in [1.54, 1.807) is 19.1 Å². The number of benzene rings is 2. The van der Waals surface area contributed by atoms with Gasteiger partial charge in [0.05, 0.1) is 14.2 Å². The second-order valence-corrected chi connectivity index (χ2v) is 12.9. The first-order valence-corrected chi connectivity index (χ1v) is 16.3. The Bertz CT molecular complexity index is 1730. The molecule has 1 N–H and O–H groups in total. The second kappa shape index (κ2) is 15.7. The zero-order valence-electron chi connectivity index (χ0n) is 27.0. The predicted octanol–water partition coefficient (Wildman–Crippen LogP) is 6.20. The number of fused-ring (bicyclic) bond motifs is 4. The van der Waals surface area contributed by atoms with Crippen LogP contribution in [0.3, 0.4) is 0 Å². The maximum atomic E-state index is 14.6. The van der Waals surface area contributed by atoms with Gasteiger partial charge in [0.1, 0.15) is 35.0 Å². The molecule has 2 aromatic rings. The third-order valence-electron chi connectivity index (χ3n) is 9.28. The molecule has 2 aromatic carbocycles. The summed E-state index contributed by atoms with van der Waals surface area (Å²) in [6.07, 6.45) is 4.20. The normalized spacial score (nSPS) is 24.9. The first-order chi connectivity index (χ1) is 22.9. The zero-order valence-corrected chi connectivity index (χ0v) is 28.5. The Morgan fingerprint density at radius 2 is 1.15 bits per heavy atom. The van der Waals surface area contributed by atoms with Crippen molar-refractivity contribution in [2.75, 3.05) is 14.2 Å². The number of hydrogen-bond donors (Lipinski definition) is 1. The summed E-state index contributed by atoms with van der Waals surface area (Å²) in [5.41, 5.74) is 0.650. The quantitative estimate of drug-likeness (QED) is 0.292. The van der Waals surface area contributed by atoms with E-state index in [2.05, 4.69) is 33.7 Å². The van der Waals surface area contributed by atoms with Crippen molar-refractivity contribution in [3.63, 3.8) is 0 Å². The van der Waals surface area contributed by atoms with Gasteiger partial charge in [-0.15, -0.1) is 5.92 Å². The molecule has 0 saturated heterocycles. The third-order valence-corrected chi connectivity index (χ3v) is 9.74. The Morgan fingerprint density at radius 3 is 1.50 bits per heavy atom. The molecule has 0 amide bonds. The predicted molar refractivity (Wildman–Crippen MR) is 174 cm³/mol. The van der Waals surface area contributed by atoms with Gasteiger partial charge in [-0.25, -0.2) is 13.6 Å². The van der Waals surface area contributed by atoms with Gasteiger partial charge in [-0.1, -0.05) is 27.8 Å². The van der Waals surface area contributed by atoms with E-state index in [1.807, 2.05) is 5.92 Å². The van der Waals surface area contributed by atoms with Crippen molar-refractivity contribution in [1.29, 1.82) is 0 Å². The van der Waals surface area contributed by atoms with Crippen molar-refractivity contribution in [3.05, 3.63) is 57.1 Å². The van der Waals surface area contributed by atoms with Gasteiger partial charge in [-0.2, -0.15) is 0 Å². The molecule has 48 heavy (non-hydrogen) atoms. The Morgan fingerprint density at radius 1 is 0.729 bits per heavy atom. The minimum atomic E-state index is -1.07. The first kappa shape index (κ1) is 36.5. The standard InChI is InChI=1S/C18H17FO3.C15H14BrFO3.C4H4O2/c1-3-4-10-7-13(19)15(14(8-10)22-2)16-17(20)11-5-6-12(9-11)18(16)21;1-20-11-6-9(16)5-10(17)12(11)13-14(18)7-2-3-8(4-7)15(13)19;1-2-3-4(5)6/h7-8,11-12,16H,5-6,9H2,1-2H3;5-8,13H,2-4H2,1H3;1H3,(H,5,6). The van der Waals surface area contributed by atoms with Gasteiger partial charge in [-0.05, 0) is 76.6 Å². The summed E-state index contributed by atoms with van der Waals surface area (Å²) in [7, 11) is 2.82. The van der Waals surface area contributed by atoms with Crippen LogP contribution in [0.2, 0.25) is 0 Å². The van der Waals surface area contributed by atoms with Crippen LogP contribution in [-0.2, 0) is 24.0 Å². The molecule has 4 atom stereocenters. The summed E-state index contributed by atoms with van der Waals surface area (Å²) < 4.78 is 39.8. The SMILES string of the molecule is CC#CC(=O)O.CC#Cc1cc(F)c(C2C(=O)C3CCC(C3)C2=O)c(OC)c1.COc1cc(Br)cc(F)c1C1C(=O)C2CCC(C2)C1=O. The third kappa shape index (κ3) is 7.52. The molecular formula is C37H35BrF2O8. The van der Waals surface area contributed by atoms with E-state index >= 15 is 0 Å². The summed E-state index contributed by atoms with van der Waals surface area (Å²) in [6, 6.07) is 5.72. The number of rotatable bonds is 4. The number of hydrogen-bond acceptors (Lipinski definition) is 7. The molecule has 0 aliphatic heterocycles. The van der Waals surface area contributed by atoms with Gasteiger partial charge in [0.25, 0.3) is 0 Å². The van der Waals surface area contributed by atoms with Gasteiger partial charge in [0, 0.05) is 50.8 Å². The fourth-order valence-electron chi connectivity index (χ4n) is 7.16. The van der Waals surface area contributed by atoms with Crippen LogP contribution in [0, 0.1) is 59.0 Å². The van der Waals surface area contributed by atoms with E-state index in [0.717, 1.165) is 25.7 Å². The van der Waals surface area contributed by atoms with Gasteiger partial charge >= 0.3 is 5.97 Å². The minimum Gasteiger partial charge on any atom is -0.496 e. The molecule has 0 radical (unpaired) electrons. The number of Topliss-reactive ketones (excluding diaryl/α,β-unsaturated/α-hetero) is 4. The average Bonchev–Trinajstić information content (AvgIpc) is 3.70. The molecule has 4 bridgehead atoms. The van der Waals surface area contributed by atoms with E-state index in [-0.39, 0.29) is 69.4 Å². The molecule has 6 rings (SSSR count). The summed E-state index contributed by atoms with van der Waals surface area (Å²) >= 11 is 3.19. The van der Waals surface area contributed by atoms with Crippen molar-refractivity contribution in [2.24, 2.45) is 23.7 Å². The van der Waals surface area contributed by atoms with Crippen LogP contribution in [-0.4, -0.2) is 48.4 Å². The van der Waals surface area contributed by atoms with Crippen LogP contribution in [0.15, 0.2) is 28.7 Å². The molecule has 8 nitrogen and oxygen atoms in total. The highest BCUT2D eigenvalue weighted by Gasteiger charge is 2.50. The average molecular weight is 726 g/mol. The lowest BCUT2D eigenvalue weighted by Gasteiger charge is -2.27. The van der Waals surface area contributed by atoms with E-state index in [4.69, 9.17) is 14.6 Å². The van der Waals surface area contributed by atoms with Crippen LogP contribution >= 0.6 is 15.9 Å². The van der Waals surface area contributed by atoms with Crippen LogP contribution in [0.1, 0.15) is 80.9 Å². The lowest BCUT2D eigenvalue weighted by atomic mass is 9.75. The van der Waals surface area contributed by atoms with Crippen LogP contribution in [0.4, 0.5) is 8.78 Å². The number of methoxy groups -OCH3 is 2. The number of ether oxygens (including phenoxy) is 2. The maximum Gasteiger partial charge on any atom is 0.381 e. The lowest BCUT2D eigenvalue weighted by molar-refractivity contribution is -0.137. The summed E-state index contributed by atoms with van der Waals surface area (Å²) in [5, 5.41) is 7.74. The van der Waals surface area contributed by atoms with Crippen molar-refractivity contribution >= 4 is 45.0 Å². The molecule has 4 saturated carbocycles. The van der Waals surface area contributed by atoms with Crippen LogP contribution in [0.25, 0.3) is 0 Å². The first-order valence-electron chi connectivity index (χ1n) is 15.5. The minimum absolute atomic E-state index is 0.0794. The molecule has 0 spiro atoms. The maximum absolute atomic E-state index is 14.6. The summed E-state index contributed by atoms with van der Waals surface area (Å²) in [5.74, 6) is 4.73. The molecule has 4 aliphatic carbocycles. The number of aliphatic carboxylic acids is 1. The van der Waals surface area contributed by atoms with Crippen molar-refractivity contribution in [2.45, 2.75) is 64.2 Å². The molecular weight excluding hydrogens is 690 g/mol. The number of halogens is 3. The van der Waals surface area contributed by atoms with Crippen molar-refractivity contribution < 1.29 is 47.3 Å². The summed E-state index contributed by atoms with van der Waals surface area (Å²) in [6.45, 7) is 3.14. The number of carbonyl (C=O) groups excluding carboxylic acids is 4. The van der Waals surface area contributed by atoms with Crippen LogP contribution < -0.4 is 9.47 Å². The zero-order chi connectivity index (χ0) is 35.3. The van der Waals surface area contributed by atoms with Gasteiger partial charge in [0.2, 0.25) is 0 Å². The molecule has 4 fully saturated rings. The second-order valence-electron chi connectivity index (χ2n) is 12.0. The molecule has 0 aromatic heterocycles. The molecule has 4 unspecified atom stereocenters. The number of carboxylic acids is 1. The molecule has 0 heterocycles. The molecule has 4 aliphatic rings. The largest absolute Gasteiger partial charge is 0.496 e. The van der Waals surface area contributed by atoms with E-state index in [1.165, 1.54) is 33.3 Å². The summed E-state index contributed by atoms with van der Waals surface area (Å²) in [4.78, 5) is 59.4. The van der Waals surface area contributed by atoms with Gasteiger partial charge < -0.3 is 14.6 Å². The smallest absolute Gasteiger partial charge is 0.381 e. The Hall–Kier alpha value is -4.35. The highest BCUT2D eigenvalue weighted by atomic mass is 79.9. The Balaban J connectivity index is 0.000000186. The number of ketones is 4. The van der Waals surface area contributed by atoms with Gasteiger partial charge in [0.15, 0.2) is 23.1 Å². The number of carbonyl (C=O) groups is 5. The van der Waals surface area contributed by atoms with E-state index < -0.39 is 29.4 Å². The van der Waals surface area contributed by atoms with Crippen molar-refractivity contribution in [1.82, 2.24) is 0 Å². The highest BCUT2D eigenvalue weighted by molar-refractivity contribution is 9.10. The topological polar surface area (TPSA) is 124 Å². The fraction of sp³-hybridized carbons (Fsp3) is 0.432. The van der Waals surface area contributed by atoms with Crippen LogP contribution in [0.5, 0.6) is 11.5 Å². The van der Waals surface area contributed by atoms with E-state index in [0.29, 0.717) is 22.9 Å². The lowest BCUT2D eigenvalue weighted by Crippen LogP contribution is -2.35. The Labute approximate surface area is 286 Å². The Kier molecular flexibility index (Phi) is 11.9. The van der Waals surface area contributed by atoms with E-state index in [9.17, 15) is 32.8 Å². The number of carboxylic acid groups (broad SMARTS) is 1. The molecule has 11 heteroatoms. The highest BCUT2D eigenvalue weighted by Crippen LogP contribution is 2.48. The van der Waals surface area contributed by atoms with Crippen molar-refractivity contribution in [3.8, 4) is 35.2 Å². The van der Waals surface area contributed by atoms with Gasteiger partial charge in [-0.3, -0.25) is 19.2 Å². The fourth-order valence-corrected chi connectivity index (χ4v) is 7.57.